The van der Waals surface area contributed by atoms with Gasteiger partial charge in [-0.2, -0.15) is 0 Å². The summed E-state index contributed by atoms with van der Waals surface area (Å²) in [5.41, 5.74) is 6.75. The molecular formula is C12H16N2OS. The van der Waals surface area contributed by atoms with Gasteiger partial charge < -0.3 is 10.5 Å². The summed E-state index contributed by atoms with van der Waals surface area (Å²) in [6, 6.07) is 10.3. The molecule has 1 aliphatic rings. The summed E-state index contributed by atoms with van der Waals surface area (Å²) < 4.78 is 5.17. The molecule has 4 heteroatoms. The Morgan fingerprint density at radius 2 is 2.12 bits per heavy atom. The third-order valence-corrected chi connectivity index (χ3v) is 3.97. The second-order valence-electron chi connectivity index (χ2n) is 3.92. The second kappa shape index (κ2) is 5.37. The summed E-state index contributed by atoms with van der Waals surface area (Å²) in [4.78, 5) is 0. The van der Waals surface area contributed by atoms with Crippen LogP contribution in [-0.2, 0) is 4.74 Å². The van der Waals surface area contributed by atoms with Crippen LogP contribution in [0.2, 0.25) is 0 Å². The molecule has 16 heavy (non-hydrogen) atoms. The van der Waals surface area contributed by atoms with Crippen molar-refractivity contribution in [1.82, 2.24) is 0 Å². The number of hydrogen-bond donors (Lipinski definition) is 2. The van der Waals surface area contributed by atoms with E-state index in [2.05, 4.69) is 12.1 Å². The van der Waals surface area contributed by atoms with Gasteiger partial charge in [0.05, 0.1) is 24.3 Å². The van der Waals surface area contributed by atoms with Gasteiger partial charge >= 0.3 is 0 Å². The van der Waals surface area contributed by atoms with E-state index in [1.807, 2.05) is 30.0 Å². The fourth-order valence-electron chi connectivity index (χ4n) is 1.64. The molecule has 1 unspecified atom stereocenters. The van der Waals surface area contributed by atoms with Crippen LogP contribution in [0, 0.1) is 5.41 Å². The van der Waals surface area contributed by atoms with Gasteiger partial charge in [-0.05, 0) is 5.56 Å². The zero-order chi connectivity index (χ0) is 11.4. The third kappa shape index (κ3) is 3.00. The molecule has 0 amide bonds. The van der Waals surface area contributed by atoms with Crippen molar-refractivity contribution in [3.63, 3.8) is 0 Å². The normalized spacial score (nSPS) is 17.8. The number of thioether (sulfide) groups is 1. The van der Waals surface area contributed by atoms with Crippen LogP contribution in [0.4, 0.5) is 0 Å². The first-order valence-electron chi connectivity index (χ1n) is 5.37. The van der Waals surface area contributed by atoms with Crippen molar-refractivity contribution >= 4 is 17.6 Å². The first-order chi connectivity index (χ1) is 7.75. The maximum atomic E-state index is 7.43. The van der Waals surface area contributed by atoms with Crippen molar-refractivity contribution in [1.29, 1.82) is 5.41 Å². The van der Waals surface area contributed by atoms with E-state index in [1.165, 1.54) is 5.56 Å². The Hall–Kier alpha value is -1.00. The highest BCUT2D eigenvalue weighted by atomic mass is 32.2. The van der Waals surface area contributed by atoms with Gasteiger partial charge in [0.25, 0.3) is 0 Å². The molecule has 1 saturated heterocycles. The van der Waals surface area contributed by atoms with Crippen LogP contribution < -0.4 is 5.73 Å². The predicted molar refractivity (Wildman–Crippen MR) is 67.9 cm³/mol. The largest absolute Gasteiger partial charge is 0.388 e. The summed E-state index contributed by atoms with van der Waals surface area (Å²) in [5, 5.41) is 8.27. The molecule has 0 aliphatic carbocycles. The Morgan fingerprint density at radius 1 is 1.44 bits per heavy atom. The van der Waals surface area contributed by atoms with Crippen LogP contribution in [0.15, 0.2) is 30.3 Å². The van der Waals surface area contributed by atoms with Gasteiger partial charge in [-0.25, -0.2) is 0 Å². The molecule has 1 aromatic carbocycles. The van der Waals surface area contributed by atoms with Gasteiger partial charge in [0.2, 0.25) is 0 Å². The number of ether oxygens (including phenoxy) is 1. The molecular weight excluding hydrogens is 220 g/mol. The molecule has 3 N–H and O–H groups in total. The summed E-state index contributed by atoms with van der Waals surface area (Å²) in [6.07, 6.45) is 0.616. The first-order valence-corrected chi connectivity index (χ1v) is 6.31. The van der Waals surface area contributed by atoms with E-state index in [0.717, 1.165) is 13.2 Å². The molecule has 2 rings (SSSR count). The predicted octanol–water partition coefficient (Wildman–Crippen LogP) is 2.19. The van der Waals surface area contributed by atoms with E-state index in [0.29, 0.717) is 11.7 Å². The van der Waals surface area contributed by atoms with Crippen LogP contribution in [0.25, 0.3) is 0 Å². The molecule has 0 saturated carbocycles. The minimum Gasteiger partial charge on any atom is -0.388 e. The average Bonchev–Trinajstić information content (AvgIpc) is 2.22. The molecule has 3 nitrogen and oxygen atoms in total. The fourth-order valence-corrected chi connectivity index (χ4v) is 3.04. The maximum Gasteiger partial charge on any atom is 0.0919 e. The molecule has 1 atom stereocenters. The minimum atomic E-state index is 0.251. The molecule has 1 heterocycles. The lowest BCUT2D eigenvalue weighted by Gasteiger charge is -2.29. The maximum absolute atomic E-state index is 7.43. The monoisotopic (exact) mass is 236 g/mol. The van der Waals surface area contributed by atoms with E-state index in [1.54, 1.807) is 0 Å². The molecule has 0 spiro atoms. The minimum absolute atomic E-state index is 0.251. The lowest BCUT2D eigenvalue weighted by atomic mass is 10.1. The van der Waals surface area contributed by atoms with E-state index in [9.17, 15) is 0 Å². The van der Waals surface area contributed by atoms with E-state index in [-0.39, 0.29) is 11.1 Å². The van der Waals surface area contributed by atoms with Crippen molar-refractivity contribution in [2.75, 3.05) is 13.2 Å². The Bertz CT molecular complexity index is 351. The Kier molecular flexibility index (Phi) is 3.85. The van der Waals surface area contributed by atoms with E-state index in [4.69, 9.17) is 15.9 Å². The summed E-state index contributed by atoms with van der Waals surface area (Å²) in [7, 11) is 0. The third-order valence-electron chi connectivity index (χ3n) is 2.54. The zero-order valence-corrected chi connectivity index (χ0v) is 9.87. The van der Waals surface area contributed by atoms with Crippen LogP contribution >= 0.6 is 11.8 Å². The van der Waals surface area contributed by atoms with Crippen LogP contribution in [0.1, 0.15) is 17.2 Å². The Labute approximate surface area is 99.9 Å². The molecule has 0 bridgehead atoms. The number of amidine groups is 1. The SMILES string of the molecule is N=C(N)CC(SC1COC1)c1ccccc1. The van der Waals surface area contributed by atoms with Crippen LogP contribution in [0.5, 0.6) is 0 Å². The zero-order valence-electron chi connectivity index (χ0n) is 9.06. The average molecular weight is 236 g/mol. The highest BCUT2D eigenvalue weighted by Gasteiger charge is 2.24. The van der Waals surface area contributed by atoms with Gasteiger partial charge in [-0.3, -0.25) is 5.41 Å². The lowest BCUT2D eigenvalue weighted by molar-refractivity contribution is 0.0453. The molecule has 1 aromatic rings. The fraction of sp³-hybridized carbons (Fsp3) is 0.417. The van der Waals surface area contributed by atoms with Gasteiger partial charge in [0.15, 0.2) is 0 Å². The molecule has 86 valence electrons. The number of nitrogens with two attached hydrogens (primary N) is 1. The van der Waals surface area contributed by atoms with Gasteiger partial charge in [-0.1, -0.05) is 30.3 Å². The molecule has 1 aliphatic heterocycles. The van der Waals surface area contributed by atoms with Gasteiger partial charge in [0, 0.05) is 11.7 Å². The highest BCUT2D eigenvalue weighted by molar-refractivity contribution is 8.00. The van der Waals surface area contributed by atoms with E-state index < -0.39 is 0 Å². The van der Waals surface area contributed by atoms with Crippen molar-refractivity contribution in [2.24, 2.45) is 5.73 Å². The van der Waals surface area contributed by atoms with Crippen LogP contribution in [0.3, 0.4) is 0 Å². The Morgan fingerprint density at radius 3 is 2.62 bits per heavy atom. The van der Waals surface area contributed by atoms with Crippen LogP contribution in [-0.4, -0.2) is 24.3 Å². The number of nitrogens with one attached hydrogen (secondary N) is 1. The molecule has 0 radical (unpaired) electrons. The van der Waals surface area contributed by atoms with Gasteiger partial charge in [-0.15, -0.1) is 11.8 Å². The summed E-state index contributed by atoms with van der Waals surface area (Å²) in [6.45, 7) is 1.65. The Balaban J connectivity index is 2.04. The number of benzene rings is 1. The first kappa shape index (κ1) is 11.5. The number of hydrogen-bond acceptors (Lipinski definition) is 3. The molecule has 1 fully saturated rings. The lowest BCUT2D eigenvalue weighted by Crippen LogP contribution is -2.31. The van der Waals surface area contributed by atoms with Crippen molar-refractivity contribution in [2.45, 2.75) is 16.9 Å². The topological polar surface area (TPSA) is 59.1 Å². The smallest absolute Gasteiger partial charge is 0.0919 e. The summed E-state index contributed by atoms with van der Waals surface area (Å²) in [5.74, 6) is 0.251. The highest BCUT2D eigenvalue weighted by Crippen LogP contribution is 2.37. The quantitative estimate of drug-likeness (QED) is 0.608. The van der Waals surface area contributed by atoms with Crippen molar-refractivity contribution in [3.05, 3.63) is 35.9 Å². The molecule has 0 aromatic heterocycles. The standard InChI is InChI=1S/C12H16N2OS/c13-12(14)6-11(16-10-7-15-8-10)9-4-2-1-3-5-9/h1-5,10-11H,6-8H2,(H3,13,14). The van der Waals surface area contributed by atoms with Gasteiger partial charge in [0.1, 0.15) is 0 Å². The number of rotatable bonds is 5. The summed E-state index contributed by atoms with van der Waals surface area (Å²) >= 11 is 1.87. The second-order valence-corrected chi connectivity index (χ2v) is 5.43. The van der Waals surface area contributed by atoms with Crippen molar-refractivity contribution < 1.29 is 4.74 Å². The van der Waals surface area contributed by atoms with E-state index >= 15 is 0 Å². The van der Waals surface area contributed by atoms with Crippen molar-refractivity contribution in [3.8, 4) is 0 Å².